The zero-order valence-electron chi connectivity index (χ0n) is 20.1. The van der Waals surface area contributed by atoms with E-state index in [-0.39, 0.29) is 23.3 Å². The average Bonchev–Trinajstić information content (AvgIpc) is 3.28. The molecule has 4 rings (SSSR count). The monoisotopic (exact) mass is 499 g/mol. The minimum absolute atomic E-state index is 0.0348. The van der Waals surface area contributed by atoms with Gasteiger partial charge in [0.2, 0.25) is 11.8 Å². The molecular formula is C24H29N5O5S. The third kappa shape index (κ3) is 5.61. The predicted molar refractivity (Wildman–Crippen MR) is 133 cm³/mol. The number of rotatable bonds is 8. The van der Waals surface area contributed by atoms with Gasteiger partial charge in [0.1, 0.15) is 0 Å². The predicted octanol–water partition coefficient (Wildman–Crippen LogP) is 2.84. The van der Waals surface area contributed by atoms with E-state index in [1.54, 1.807) is 17.0 Å². The second-order valence-corrected chi connectivity index (χ2v) is 9.37. The number of nitrogens with zero attached hydrogens (tertiary/aromatic N) is 4. The molecule has 0 bridgehead atoms. The van der Waals surface area contributed by atoms with Crippen LogP contribution in [0.25, 0.3) is 10.9 Å². The molecule has 0 spiro atoms. The Bertz CT molecular complexity index is 1280. The number of thiazole rings is 1. The fourth-order valence-electron chi connectivity index (χ4n) is 4.21. The Morgan fingerprint density at radius 1 is 1.17 bits per heavy atom. The average molecular weight is 500 g/mol. The van der Waals surface area contributed by atoms with E-state index in [2.05, 4.69) is 15.3 Å². The highest BCUT2D eigenvalue weighted by molar-refractivity contribution is 7.13. The summed E-state index contributed by atoms with van der Waals surface area (Å²) in [7, 11) is 3.05. The zero-order chi connectivity index (χ0) is 24.9. The van der Waals surface area contributed by atoms with E-state index >= 15 is 0 Å². The Hall–Kier alpha value is -3.47. The van der Waals surface area contributed by atoms with Gasteiger partial charge in [-0.1, -0.05) is 0 Å². The molecule has 0 atom stereocenters. The Balaban J connectivity index is 1.28. The Morgan fingerprint density at radius 3 is 2.54 bits per heavy atom. The van der Waals surface area contributed by atoms with E-state index in [4.69, 9.17) is 9.47 Å². The molecule has 11 heteroatoms. The van der Waals surface area contributed by atoms with Gasteiger partial charge in [0, 0.05) is 43.4 Å². The molecular weight excluding hydrogens is 470 g/mol. The number of hydrogen-bond acceptors (Lipinski definition) is 8. The van der Waals surface area contributed by atoms with Crippen LogP contribution in [0.3, 0.4) is 0 Å². The summed E-state index contributed by atoms with van der Waals surface area (Å²) in [5.74, 6) is 0.845. The van der Waals surface area contributed by atoms with Crippen LogP contribution in [0.5, 0.6) is 11.5 Å². The number of aromatic nitrogens is 3. The molecule has 3 heterocycles. The fraction of sp³-hybridized carbons (Fsp3) is 0.458. The standard InChI is InChI=1S/C24H29N5O5S/c1-15-13-35-24(26-15)27-22(31)16-6-9-28(10-7-16)21(30)5-4-8-29-14-25-18-12-20(34-3)19(33-2)11-17(18)23(29)32/h11-14,16H,4-10H2,1-3H3,(H,26,27,31). The number of anilines is 1. The van der Waals surface area contributed by atoms with E-state index < -0.39 is 0 Å². The molecule has 3 aromatic rings. The summed E-state index contributed by atoms with van der Waals surface area (Å²) in [6, 6.07) is 3.30. The van der Waals surface area contributed by atoms with Crippen LogP contribution in [-0.4, -0.2) is 58.6 Å². The number of amides is 2. The highest BCUT2D eigenvalue weighted by Crippen LogP contribution is 2.29. The largest absolute Gasteiger partial charge is 0.493 e. The molecule has 0 saturated carbocycles. The molecule has 186 valence electrons. The van der Waals surface area contributed by atoms with Crippen molar-refractivity contribution in [1.82, 2.24) is 19.4 Å². The lowest BCUT2D eigenvalue weighted by atomic mass is 9.95. The summed E-state index contributed by atoms with van der Waals surface area (Å²) in [6.45, 7) is 3.37. The van der Waals surface area contributed by atoms with E-state index in [1.807, 2.05) is 12.3 Å². The van der Waals surface area contributed by atoms with Crippen molar-refractivity contribution in [3.05, 3.63) is 39.9 Å². The van der Waals surface area contributed by atoms with Crippen LogP contribution < -0.4 is 20.3 Å². The minimum Gasteiger partial charge on any atom is -0.493 e. The first-order valence-corrected chi connectivity index (χ1v) is 12.4. The van der Waals surface area contributed by atoms with Gasteiger partial charge in [-0.25, -0.2) is 9.97 Å². The Labute approximate surface area is 206 Å². The van der Waals surface area contributed by atoms with Crippen LogP contribution in [-0.2, 0) is 16.1 Å². The molecule has 0 radical (unpaired) electrons. The van der Waals surface area contributed by atoms with Crippen molar-refractivity contribution in [3.63, 3.8) is 0 Å². The fourth-order valence-corrected chi connectivity index (χ4v) is 4.90. The van der Waals surface area contributed by atoms with Crippen LogP contribution >= 0.6 is 11.3 Å². The van der Waals surface area contributed by atoms with Crippen LogP contribution in [0.15, 0.2) is 28.6 Å². The highest BCUT2D eigenvalue weighted by atomic mass is 32.1. The molecule has 1 saturated heterocycles. The number of aryl methyl sites for hydroxylation is 2. The van der Waals surface area contributed by atoms with Crippen molar-refractivity contribution < 1.29 is 19.1 Å². The lowest BCUT2D eigenvalue weighted by Gasteiger charge is -2.31. The van der Waals surface area contributed by atoms with Gasteiger partial charge in [0.15, 0.2) is 16.6 Å². The number of carbonyl (C=O) groups is 2. The number of piperidine rings is 1. The molecule has 0 unspecified atom stereocenters. The second-order valence-electron chi connectivity index (χ2n) is 8.51. The first-order valence-electron chi connectivity index (χ1n) is 11.5. The maximum atomic E-state index is 12.9. The summed E-state index contributed by atoms with van der Waals surface area (Å²) in [5, 5.41) is 5.82. The van der Waals surface area contributed by atoms with Crippen molar-refractivity contribution in [3.8, 4) is 11.5 Å². The van der Waals surface area contributed by atoms with Gasteiger partial charge < -0.3 is 19.7 Å². The molecule has 10 nitrogen and oxygen atoms in total. The highest BCUT2D eigenvalue weighted by Gasteiger charge is 2.27. The normalized spacial score (nSPS) is 14.2. The topological polar surface area (TPSA) is 116 Å². The number of likely N-dealkylation sites (tertiary alicyclic amines) is 1. The number of hydrogen-bond donors (Lipinski definition) is 1. The van der Waals surface area contributed by atoms with Crippen LogP contribution in [0.2, 0.25) is 0 Å². The van der Waals surface area contributed by atoms with Gasteiger partial charge >= 0.3 is 0 Å². The first kappa shape index (κ1) is 24.6. The third-order valence-electron chi connectivity index (χ3n) is 6.19. The van der Waals surface area contributed by atoms with Crippen molar-refractivity contribution in [1.29, 1.82) is 0 Å². The summed E-state index contributed by atoms with van der Waals surface area (Å²) in [6.07, 6.45) is 3.59. The Morgan fingerprint density at radius 2 is 1.89 bits per heavy atom. The van der Waals surface area contributed by atoms with Gasteiger partial charge in [-0.05, 0) is 32.3 Å². The number of carbonyl (C=O) groups excluding carboxylic acids is 2. The van der Waals surface area contributed by atoms with E-state index in [0.717, 1.165) is 5.69 Å². The van der Waals surface area contributed by atoms with E-state index in [0.29, 0.717) is 72.9 Å². The zero-order valence-corrected chi connectivity index (χ0v) is 20.9. The molecule has 2 amide bonds. The smallest absolute Gasteiger partial charge is 0.261 e. The number of nitrogens with one attached hydrogen (secondary N) is 1. The maximum absolute atomic E-state index is 12.9. The number of ether oxygens (including phenoxy) is 2. The molecule has 1 fully saturated rings. The van der Waals surface area contributed by atoms with Gasteiger partial charge in [-0.3, -0.25) is 19.0 Å². The number of methoxy groups -OCH3 is 2. The second kappa shape index (κ2) is 10.9. The molecule has 1 aliphatic rings. The van der Waals surface area contributed by atoms with Crippen LogP contribution in [0.4, 0.5) is 5.13 Å². The lowest BCUT2D eigenvalue weighted by molar-refractivity contribution is -0.134. The van der Waals surface area contributed by atoms with Crippen molar-refractivity contribution >= 4 is 39.2 Å². The van der Waals surface area contributed by atoms with Crippen molar-refractivity contribution in [2.45, 2.75) is 39.2 Å². The Kier molecular flexibility index (Phi) is 7.64. The van der Waals surface area contributed by atoms with E-state index in [1.165, 1.54) is 36.5 Å². The molecule has 0 aliphatic carbocycles. The van der Waals surface area contributed by atoms with Gasteiger partial charge in [0.05, 0.1) is 37.1 Å². The quantitative estimate of drug-likeness (QED) is 0.507. The maximum Gasteiger partial charge on any atom is 0.261 e. The van der Waals surface area contributed by atoms with Gasteiger partial charge in [0.25, 0.3) is 5.56 Å². The summed E-state index contributed by atoms with van der Waals surface area (Å²) in [4.78, 5) is 48.5. The molecule has 1 N–H and O–H groups in total. The minimum atomic E-state index is -0.189. The number of fused-ring (bicyclic) bond motifs is 1. The third-order valence-corrected chi connectivity index (χ3v) is 7.06. The van der Waals surface area contributed by atoms with Gasteiger partial charge in [-0.2, -0.15) is 0 Å². The lowest BCUT2D eigenvalue weighted by Crippen LogP contribution is -2.41. The van der Waals surface area contributed by atoms with Gasteiger partial charge in [-0.15, -0.1) is 11.3 Å². The van der Waals surface area contributed by atoms with Crippen LogP contribution in [0.1, 0.15) is 31.4 Å². The first-order chi connectivity index (χ1) is 16.9. The SMILES string of the molecule is COc1cc2ncn(CCCC(=O)N3CCC(C(=O)Nc4nc(C)cs4)CC3)c(=O)c2cc1OC. The molecule has 1 aliphatic heterocycles. The molecule has 1 aromatic carbocycles. The van der Waals surface area contributed by atoms with E-state index in [9.17, 15) is 14.4 Å². The van der Waals surface area contributed by atoms with Crippen LogP contribution in [0, 0.1) is 12.8 Å². The molecule has 35 heavy (non-hydrogen) atoms. The molecule has 2 aromatic heterocycles. The summed E-state index contributed by atoms with van der Waals surface area (Å²) < 4.78 is 12.1. The van der Waals surface area contributed by atoms with Crippen molar-refractivity contribution in [2.24, 2.45) is 5.92 Å². The van der Waals surface area contributed by atoms with Crippen molar-refractivity contribution in [2.75, 3.05) is 32.6 Å². The number of benzene rings is 1. The summed E-state index contributed by atoms with van der Waals surface area (Å²) in [5.41, 5.74) is 1.22. The summed E-state index contributed by atoms with van der Waals surface area (Å²) >= 11 is 1.41.